The number of hydrogen-bond acceptors (Lipinski definition) is 5. The molecule has 0 radical (unpaired) electrons. The van der Waals surface area contributed by atoms with Crippen LogP contribution in [0.5, 0.6) is 11.5 Å². The molecule has 9 heteroatoms. The molecule has 0 spiro atoms. The minimum Gasteiger partial charge on any atom is -0.452 e. The van der Waals surface area contributed by atoms with Crippen molar-refractivity contribution in [2.24, 2.45) is 10.7 Å². The monoisotopic (exact) mass is 401 g/mol. The summed E-state index contributed by atoms with van der Waals surface area (Å²) in [6, 6.07) is 6.08. The van der Waals surface area contributed by atoms with Crippen LogP contribution in [0.1, 0.15) is 18.1 Å². The van der Waals surface area contributed by atoms with E-state index in [0.717, 1.165) is 4.47 Å². The van der Waals surface area contributed by atoms with Crippen LogP contribution in [-0.4, -0.2) is 16.3 Å². The van der Waals surface area contributed by atoms with Crippen molar-refractivity contribution in [1.29, 1.82) is 0 Å². The van der Waals surface area contributed by atoms with Crippen LogP contribution >= 0.6 is 27.5 Å². The quantitative estimate of drug-likeness (QED) is 0.249. The number of halogens is 3. The van der Waals surface area contributed by atoms with E-state index in [4.69, 9.17) is 27.3 Å². The Morgan fingerprint density at radius 2 is 2.22 bits per heavy atom. The number of aliphatic imine (C=N–C) groups is 1. The molecule has 0 amide bonds. The number of aromatic nitrogens is 1. The van der Waals surface area contributed by atoms with E-state index in [-0.39, 0.29) is 10.9 Å². The second kappa shape index (κ2) is 5.63. The lowest BCUT2D eigenvalue weighted by Crippen LogP contribution is -2.30. The van der Waals surface area contributed by atoms with Gasteiger partial charge in [-0.15, -0.1) is 0 Å². The Morgan fingerprint density at radius 1 is 1.48 bits per heavy atom. The molecular formula is C14H10BrClFN3O3. The molecule has 1 aromatic carbocycles. The van der Waals surface area contributed by atoms with Crippen molar-refractivity contribution in [3.63, 3.8) is 0 Å². The predicted molar refractivity (Wildman–Crippen MR) is 85.2 cm³/mol. The number of amidine groups is 1. The van der Waals surface area contributed by atoms with Crippen molar-refractivity contribution in [3.8, 4) is 11.5 Å². The minimum absolute atomic E-state index is 0.0618. The van der Waals surface area contributed by atoms with Crippen molar-refractivity contribution >= 4 is 33.6 Å². The molecule has 0 aliphatic carbocycles. The number of benzene rings is 1. The zero-order chi connectivity index (χ0) is 16.8. The molecule has 2 heterocycles. The normalized spacial score (nSPS) is 19.6. The number of hydrogen-bond donors (Lipinski definition) is 2. The number of rotatable bonds is 1. The average molecular weight is 403 g/mol. The van der Waals surface area contributed by atoms with Gasteiger partial charge in [-0.05, 0) is 31.2 Å². The molecule has 2 aromatic rings. The van der Waals surface area contributed by atoms with Gasteiger partial charge in [-0.1, -0.05) is 27.5 Å². The Labute approximate surface area is 143 Å². The Hall–Kier alpha value is -1.90. The summed E-state index contributed by atoms with van der Waals surface area (Å²) >= 11 is 9.23. The zero-order valence-electron chi connectivity index (χ0n) is 11.7. The molecule has 120 valence electrons. The predicted octanol–water partition coefficient (Wildman–Crippen LogP) is 3.81. The minimum atomic E-state index is -1.20. The number of nitrogens with two attached hydrogens (primary N) is 1. The van der Waals surface area contributed by atoms with Gasteiger partial charge in [0.1, 0.15) is 16.4 Å². The molecule has 1 aromatic heterocycles. The van der Waals surface area contributed by atoms with Crippen LogP contribution in [0.25, 0.3) is 0 Å². The van der Waals surface area contributed by atoms with Gasteiger partial charge in [-0.25, -0.2) is 9.98 Å². The summed E-state index contributed by atoms with van der Waals surface area (Å²) in [6.07, 6.45) is 0. The van der Waals surface area contributed by atoms with Crippen LogP contribution in [-0.2, 0) is 10.4 Å². The summed E-state index contributed by atoms with van der Waals surface area (Å²) in [4.78, 5) is 11.7. The first-order valence-corrected chi connectivity index (χ1v) is 7.53. The van der Waals surface area contributed by atoms with Crippen molar-refractivity contribution in [1.82, 2.24) is 4.98 Å². The molecule has 0 bridgehead atoms. The van der Waals surface area contributed by atoms with Crippen LogP contribution < -0.4 is 10.5 Å². The van der Waals surface area contributed by atoms with Gasteiger partial charge in [0.25, 0.3) is 5.95 Å². The Balaban J connectivity index is 2.35. The first kappa shape index (κ1) is 16.0. The standard InChI is InChI=1S/C14H10BrClFN3O3/c1-14(20-13(18)23-21)7-4-6(15)2-3-9(7)22-11-8(14)5-10(16)19-12(11)17/h2-5,21H,1H3,(H2,18,20). The fraction of sp³-hybridized carbons (Fsp3) is 0.143. The van der Waals surface area contributed by atoms with Crippen LogP contribution in [0.2, 0.25) is 5.15 Å². The highest BCUT2D eigenvalue weighted by Crippen LogP contribution is 2.50. The van der Waals surface area contributed by atoms with Gasteiger partial charge in [0.2, 0.25) is 0 Å². The van der Waals surface area contributed by atoms with Gasteiger partial charge in [-0.2, -0.15) is 9.65 Å². The van der Waals surface area contributed by atoms with Crippen LogP contribution in [0.15, 0.2) is 33.7 Å². The third-order valence-electron chi connectivity index (χ3n) is 3.53. The third-order valence-corrected chi connectivity index (χ3v) is 4.22. The van der Waals surface area contributed by atoms with E-state index in [2.05, 4.69) is 30.8 Å². The SMILES string of the molecule is CC1(N=C(N)OO)c2cc(Br)ccc2Oc2c1cc(Cl)nc2F. The smallest absolute Gasteiger partial charge is 0.320 e. The van der Waals surface area contributed by atoms with Gasteiger partial charge < -0.3 is 15.4 Å². The van der Waals surface area contributed by atoms with Crippen LogP contribution in [0.4, 0.5) is 4.39 Å². The molecule has 6 nitrogen and oxygen atoms in total. The maximum absolute atomic E-state index is 14.2. The lowest BCUT2D eigenvalue weighted by atomic mass is 9.83. The largest absolute Gasteiger partial charge is 0.452 e. The number of pyridine rings is 1. The van der Waals surface area contributed by atoms with Crippen LogP contribution in [0, 0.1) is 5.95 Å². The molecule has 0 saturated heterocycles. The summed E-state index contributed by atoms with van der Waals surface area (Å²) in [5.41, 5.74) is 5.19. The molecule has 3 N–H and O–H groups in total. The first-order valence-electron chi connectivity index (χ1n) is 6.36. The maximum Gasteiger partial charge on any atom is 0.320 e. The highest BCUT2D eigenvalue weighted by Gasteiger charge is 2.41. The molecule has 23 heavy (non-hydrogen) atoms. The Morgan fingerprint density at radius 3 is 2.91 bits per heavy atom. The first-order chi connectivity index (χ1) is 10.8. The lowest BCUT2D eigenvalue weighted by Gasteiger charge is -2.34. The molecule has 0 fully saturated rings. The molecule has 1 atom stereocenters. The van der Waals surface area contributed by atoms with E-state index < -0.39 is 17.5 Å². The Bertz CT molecular complexity index is 833. The van der Waals surface area contributed by atoms with Crippen molar-refractivity contribution < 1.29 is 19.3 Å². The van der Waals surface area contributed by atoms with Crippen LogP contribution in [0.3, 0.4) is 0 Å². The number of ether oxygens (including phenoxy) is 1. The van der Waals surface area contributed by atoms with Gasteiger partial charge in [0, 0.05) is 15.6 Å². The molecule has 1 unspecified atom stereocenters. The van der Waals surface area contributed by atoms with Gasteiger partial charge in [0.15, 0.2) is 5.75 Å². The van der Waals surface area contributed by atoms with Crippen molar-refractivity contribution in [2.45, 2.75) is 12.5 Å². The van der Waals surface area contributed by atoms with E-state index in [9.17, 15) is 4.39 Å². The fourth-order valence-corrected chi connectivity index (χ4v) is 3.06. The van der Waals surface area contributed by atoms with Gasteiger partial charge in [0.05, 0.1) is 0 Å². The summed E-state index contributed by atoms with van der Waals surface area (Å²) < 4.78 is 20.5. The highest BCUT2D eigenvalue weighted by atomic mass is 79.9. The highest BCUT2D eigenvalue weighted by molar-refractivity contribution is 9.10. The summed E-state index contributed by atoms with van der Waals surface area (Å²) in [5, 5.41) is 8.67. The van der Waals surface area contributed by atoms with Crippen molar-refractivity contribution in [2.75, 3.05) is 0 Å². The topological polar surface area (TPSA) is 90.0 Å². The van der Waals surface area contributed by atoms with Gasteiger partial charge >= 0.3 is 6.02 Å². The van der Waals surface area contributed by atoms with Crippen molar-refractivity contribution in [3.05, 3.63) is 51.0 Å². The van der Waals surface area contributed by atoms with E-state index in [1.54, 1.807) is 25.1 Å². The molecular weight excluding hydrogens is 393 g/mol. The fourth-order valence-electron chi connectivity index (χ4n) is 2.52. The number of fused-ring (bicyclic) bond motifs is 2. The van der Waals surface area contributed by atoms with E-state index in [0.29, 0.717) is 16.9 Å². The zero-order valence-corrected chi connectivity index (χ0v) is 14.0. The lowest BCUT2D eigenvalue weighted by molar-refractivity contribution is -0.157. The second-order valence-electron chi connectivity index (χ2n) is 4.97. The summed E-state index contributed by atoms with van der Waals surface area (Å²) in [7, 11) is 0. The molecule has 3 rings (SSSR count). The second-order valence-corrected chi connectivity index (χ2v) is 6.27. The molecule has 1 aliphatic heterocycles. The van der Waals surface area contributed by atoms with E-state index in [1.807, 2.05) is 0 Å². The molecule has 1 aliphatic rings. The van der Waals surface area contributed by atoms with Gasteiger partial charge in [-0.3, -0.25) is 0 Å². The third kappa shape index (κ3) is 2.62. The van der Waals surface area contributed by atoms with E-state index in [1.165, 1.54) is 6.07 Å². The van der Waals surface area contributed by atoms with E-state index >= 15 is 0 Å². The Kier molecular flexibility index (Phi) is 3.91. The summed E-state index contributed by atoms with van der Waals surface area (Å²) in [6.45, 7) is 1.67. The molecule has 0 saturated carbocycles. The summed E-state index contributed by atoms with van der Waals surface area (Å²) in [5.74, 6) is -0.604. The number of nitrogens with zero attached hydrogens (tertiary/aromatic N) is 2. The maximum atomic E-state index is 14.2. The average Bonchev–Trinajstić information content (AvgIpc) is 2.49.